The van der Waals surface area contributed by atoms with Gasteiger partial charge in [0.15, 0.2) is 0 Å². The fourth-order valence-corrected chi connectivity index (χ4v) is 3.22. The average Bonchev–Trinajstić information content (AvgIpc) is 3.04. The lowest BCUT2D eigenvalue weighted by atomic mass is 9.96. The zero-order chi connectivity index (χ0) is 13.8. The van der Waals surface area contributed by atoms with E-state index in [-0.39, 0.29) is 0 Å². The second-order valence-electron chi connectivity index (χ2n) is 4.71. The van der Waals surface area contributed by atoms with E-state index < -0.39 is 0 Å². The van der Waals surface area contributed by atoms with Gasteiger partial charge in [-0.1, -0.05) is 43.3 Å². The van der Waals surface area contributed by atoms with Crippen LogP contribution in [0.25, 0.3) is 11.3 Å². The molecular formula is C17H16N2S. The van der Waals surface area contributed by atoms with Crippen molar-refractivity contribution in [2.75, 3.05) is 0 Å². The Kier molecular flexibility index (Phi) is 3.88. The fraction of sp³-hybridized carbons (Fsp3) is 0.176. The van der Waals surface area contributed by atoms with Gasteiger partial charge in [-0.15, -0.1) is 11.3 Å². The third kappa shape index (κ3) is 2.63. The highest BCUT2D eigenvalue weighted by atomic mass is 32.1. The van der Waals surface area contributed by atoms with Gasteiger partial charge >= 0.3 is 0 Å². The van der Waals surface area contributed by atoms with Crippen LogP contribution in [0.3, 0.4) is 0 Å². The second-order valence-corrected chi connectivity index (χ2v) is 5.63. The van der Waals surface area contributed by atoms with Gasteiger partial charge in [-0.25, -0.2) is 0 Å². The van der Waals surface area contributed by atoms with Crippen LogP contribution in [-0.2, 0) is 0 Å². The molecule has 2 aromatic heterocycles. The summed E-state index contributed by atoms with van der Waals surface area (Å²) in [5.41, 5.74) is 5.33. The lowest BCUT2D eigenvalue weighted by Crippen LogP contribution is -1.98. The van der Waals surface area contributed by atoms with Gasteiger partial charge in [0.05, 0.1) is 11.2 Å². The number of hydrogen-bond donors (Lipinski definition) is 0. The molecule has 2 heterocycles. The van der Waals surface area contributed by atoms with Gasteiger partial charge in [-0.05, 0) is 18.1 Å². The topological polar surface area (TPSA) is 25.8 Å². The summed E-state index contributed by atoms with van der Waals surface area (Å²) in [6.07, 6.45) is 5.02. The molecule has 0 amide bonds. The Labute approximate surface area is 123 Å². The monoisotopic (exact) mass is 280 g/mol. The summed E-state index contributed by atoms with van der Waals surface area (Å²) in [6.45, 7) is 2.20. The quantitative estimate of drug-likeness (QED) is 0.689. The normalized spacial score (nSPS) is 12.2. The Balaban J connectivity index is 1.89. The molecule has 1 unspecified atom stereocenters. The first kappa shape index (κ1) is 13.0. The molecule has 0 bridgehead atoms. The molecule has 20 heavy (non-hydrogen) atoms. The fourth-order valence-electron chi connectivity index (χ4n) is 2.39. The first-order valence-electron chi connectivity index (χ1n) is 6.78. The Bertz CT molecular complexity index is 645. The standard InChI is InChI=1S/C17H16N2S/c1-2-15(17-11-18-12-20-17)14-8-9-16(19-10-14)13-6-4-3-5-7-13/h3-12,15H,2H2,1H3. The van der Waals surface area contributed by atoms with E-state index in [0.29, 0.717) is 5.92 Å². The molecule has 0 aliphatic carbocycles. The number of benzene rings is 1. The number of nitrogens with zero attached hydrogens (tertiary/aromatic N) is 2. The minimum absolute atomic E-state index is 0.403. The molecule has 0 aliphatic heterocycles. The highest BCUT2D eigenvalue weighted by Crippen LogP contribution is 2.30. The van der Waals surface area contributed by atoms with E-state index in [1.165, 1.54) is 10.4 Å². The lowest BCUT2D eigenvalue weighted by Gasteiger charge is -2.13. The van der Waals surface area contributed by atoms with Crippen LogP contribution in [0.5, 0.6) is 0 Å². The Morgan fingerprint density at radius 3 is 2.50 bits per heavy atom. The van der Waals surface area contributed by atoms with Crippen LogP contribution >= 0.6 is 11.3 Å². The van der Waals surface area contributed by atoms with Gasteiger partial charge in [0, 0.05) is 28.8 Å². The molecule has 3 aromatic rings. The van der Waals surface area contributed by atoms with Crippen molar-refractivity contribution in [3.63, 3.8) is 0 Å². The maximum atomic E-state index is 4.61. The molecule has 0 saturated heterocycles. The van der Waals surface area contributed by atoms with Gasteiger partial charge < -0.3 is 0 Å². The van der Waals surface area contributed by atoms with Crippen molar-refractivity contribution in [1.29, 1.82) is 0 Å². The Morgan fingerprint density at radius 1 is 1.05 bits per heavy atom. The number of thiazole rings is 1. The number of aromatic nitrogens is 2. The maximum Gasteiger partial charge on any atom is 0.0794 e. The lowest BCUT2D eigenvalue weighted by molar-refractivity contribution is 0.785. The summed E-state index contributed by atoms with van der Waals surface area (Å²) in [6, 6.07) is 14.6. The van der Waals surface area contributed by atoms with Gasteiger partial charge in [0.25, 0.3) is 0 Å². The van der Waals surface area contributed by atoms with Crippen molar-refractivity contribution in [3.05, 3.63) is 70.8 Å². The summed E-state index contributed by atoms with van der Waals surface area (Å²) in [5.74, 6) is 0.403. The minimum Gasteiger partial charge on any atom is -0.256 e. The molecule has 3 heteroatoms. The molecular weight excluding hydrogens is 264 g/mol. The number of rotatable bonds is 4. The summed E-state index contributed by atoms with van der Waals surface area (Å²) in [4.78, 5) is 10.1. The molecule has 0 fully saturated rings. The van der Waals surface area contributed by atoms with Gasteiger partial charge in [-0.3, -0.25) is 9.97 Å². The van der Waals surface area contributed by atoms with E-state index in [1.54, 1.807) is 11.3 Å². The molecule has 1 aromatic carbocycles. The highest BCUT2D eigenvalue weighted by molar-refractivity contribution is 7.09. The molecule has 0 aliphatic rings. The van der Waals surface area contributed by atoms with E-state index in [0.717, 1.165) is 17.7 Å². The molecule has 3 rings (SSSR count). The van der Waals surface area contributed by atoms with Crippen LogP contribution in [0.15, 0.2) is 60.4 Å². The van der Waals surface area contributed by atoms with Crippen molar-refractivity contribution >= 4 is 11.3 Å². The van der Waals surface area contributed by atoms with E-state index in [2.05, 4.69) is 41.2 Å². The van der Waals surface area contributed by atoms with Crippen molar-refractivity contribution in [2.45, 2.75) is 19.3 Å². The van der Waals surface area contributed by atoms with E-state index in [9.17, 15) is 0 Å². The minimum atomic E-state index is 0.403. The predicted octanol–water partition coefficient (Wildman–Crippen LogP) is 4.75. The van der Waals surface area contributed by atoms with Crippen molar-refractivity contribution in [3.8, 4) is 11.3 Å². The van der Waals surface area contributed by atoms with Crippen molar-refractivity contribution in [1.82, 2.24) is 9.97 Å². The van der Waals surface area contributed by atoms with Crippen LogP contribution in [0, 0.1) is 0 Å². The zero-order valence-electron chi connectivity index (χ0n) is 11.4. The predicted molar refractivity (Wildman–Crippen MR) is 83.9 cm³/mol. The largest absolute Gasteiger partial charge is 0.256 e. The number of hydrogen-bond acceptors (Lipinski definition) is 3. The summed E-state index contributed by atoms with van der Waals surface area (Å²) in [7, 11) is 0. The van der Waals surface area contributed by atoms with E-state index in [1.807, 2.05) is 36.1 Å². The van der Waals surface area contributed by atoms with Gasteiger partial charge in [0.2, 0.25) is 0 Å². The Morgan fingerprint density at radius 2 is 1.90 bits per heavy atom. The third-order valence-corrected chi connectivity index (χ3v) is 4.35. The maximum absolute atomic E-state index is 4.61. The van der Waals surface area contributed by atoms with Crippen LogP contribution in [-0.4, -0.2) is 9.97 Å². The van der Waals surface area contributed by atoms with Crippen LogP contribution in [0.4, 0.5) is 0 Å². The van der Waals surface area contributed by atoms with Crippen molar-refractivity contribution in [2.24, 2.45) is 0 Å². The first-order valence-corrected chi connectivity index (χ1v) is 7.66. The molecule has 0 saturated carbocycles. The van der Waals surface area contributed by atoms with E-state index >= 15 is 0 Å². The molecule has 100 valence electrons. The van der Waals surface area contributed by atoms with Gasteiger partial charge in [0.1, 0.15) is 0 Å². The van der Waals surface area contributed by atoms with Gasteiger partial charge in [-0.2, -0.15) is 0 Å². The zero-order valence-corrected chi connectivity index (χ0v) is 12.2. The summed E-state index contributed by atoms with van der Waals surface area (Å²) < 4.78 is 0. The average molecular weight is 280 g/mol. The molecule has 1 atom stereocenters. The molecule has 0 N–H and O–H groups in total. The second kappa shape index (κ2) is 5.97. The molecule has 2 nitrogen and oxygen atoms in total. The van der Waals surface area contributed by atoms with E-state index in [4.69, 9.17) is 0 Å². The molecule has 0 spiro atoms. The molecule has 0 radical (unpaired) electrons. The third-order valence-electron chi connectivity index (χ3n) is 3.46. The highest BCUT2D eigenvalue weighted by Gasteiger charge is 2.14. The van der Waals surface area contributed by atoms with Crippen LogP contribution in [0.2, 0.25) is 0 Å². The van der Waals surface area contributed by atoms with Crippen LogP contribution < -0.4 is 0 Å². The Hall–Kier alpha value is -2.00. The first-order chi connectivity index (χ1) is 9.88. The van der Waals surface area contributed by atoms with Crippen LogP contribution in [0.1, 0.15) is 29.7 Å². The number of pyridine rings is 1. The smallest absolute Gasteiger partial charge is 0.0794 e. The van der Waals surface area contributed by atoms with Crippen molar-refractivity contribution < 1.29 is 0 Å². The SMILES string of the molecule is CCC(c1ccc(-c2ccccc2)nc1)c1cncs1. The summed E-state index contributed by atoms with van der Waals surface area (Å²) in [5, 5.41) is 0. The summed E-state index contributed by atoms with van der Waals surface area (Å²) >= 11 is 1.71.